The third-order valence-corrected chi connectivity index (χ3v) is 2.77. The summed E-state index contributed by atoms with van der Waals surface area (Å²) in [5.74, 6) is -0.447. The lowest BCUT2D eigenvalue weighted by Gasteiger charge is -2.07. The number of aromatic amines is 1. The van der Waals surface area contributed by atoms with Gasteiger partial charge in [-0.2, -0.15) is 0 Å². The van der Waals surface area contributed by atoms with Gasteiger partial charge in [-0.1, -0.05) is 6.07 Å². The van der Waals surface area contributed by atoms with Crippen LogP contribution in [0.25, 0.3) is 0 Å². The van der Waals surface area contributed by atoms with E-state index in [1.807, 2.05) is 13.0 Å². The van der Waals surface area contributed by atoms with E-state index in [4.69, 9.17) is 5.73 Å². The van der Waals surface area contributed by atoms with Crippen LogP contribution in [-0.4, -0.2) is 16.7 Å². The van der Waals surface area contributed by atoms with Gasteiger partial charge in [0.1, 0.15) is 5.69 Å². The number of carbonyl (C=O) groups excluding carboxylic acids is 2. The lowest BCUT2D eigenvalue weighted by atomic mass is 10.2. The Morgan fingerprint density at radius 1 is 1.16 bits per heavy atom. The average molecular weight is 257 g/mol. The van der Waals surface area contributed by atoms with Crippen molar-refractivity contribution in [2.24, 2.45) is 0 Å². The van der Waals surface area contributed by atoms with E-state index < -0.39 is 0 Å². The van der Waals surface area contributed by atoms with E-state index in [1.165, 1.54) is 6.92 Å². The lowest BCUT2D eigenvalue weighted by Crippen LogP contribution is -2.14. The monoisotopic (exact) mass is 257 g/mol. The molecule has 0 saturated heterocycles. The topological polar surface area (TPSA) is 88.0 Å². The van der Waals surface area contributed by atoms with Crippen molar-refractivity contribution in [3.05, 3.63) is 47.3 Å². The van der Waals surface area contributed by atoms with E-state index >= 15 is 0 Å². The van der Waals surface area contributed by atoms with Crippen LogP contribution in [0.1, 0.15) is 33.5 Å². The minimum absolute atomic E-state index is 0.117. The van der Waals surface area contributed by atoms with Crippen molar-refractivity contribution in [2.45, 2.75) is 13.8 Å². The van der Waals surface area contributed by atoms with E-state index in [1.54, 1.807) is 24.3 Å². The molecule has 0 aliphatic heterocycles. The summed E-state index contributed by atoms with van der Waals surface area (Å²) in [5.41, 5.74) is 8.63. The molecular weight excluding hydrogens is 242 g/mol. The van der Waals surface area contributed by atoms with Gasteiger partial charge in [0.25, 0.3) is 5.91 Å². The number of amides is 1. The predicted molar refractivity (Wildman–Crippen MR) is 74.3 cm³/mol. The van der Waals surface area contributed by atoms with Crippen LogP contribution in [0.5, 0.6) is 0 Å². The predicted octanol–water partition coefficient (Wildman–Crippen LogP) is 2.36. The minimum atomic E-state index is -0.331. The van der Waals surface area contributed by atoms with E-state index in [0.29, 0.717) is 22.8 Å². The van der Waals surface area contributed by atoms with Gasteiger partial charge in [0.05, 0.1) is 17.1 Å². The fraction of sp³-hybridized carbons (Fsp3) is 0.143. The number of carbonyl (C=O) groups is 2. The third kappa shape index (κ3) is 2.82. The molecule has 98 valence electrons. The van der Waals surface area contributed by atoms with Crippen LogP contribution < -0.4 is 11.1 Å². The fourth-order valence-corrected chi connectivity index (χ4v) is 1.72. The fourth-order valence-electron chi connectivity index (χ4n) is 1.72. The number of benzene rings is 1. The van der Waals surface area contributed by atoms with Gasteiger partial charge < -0.3 is 16.0 Å². The zero-order valence-corrected chi connectivity index (χ0v) is 10.8. The second kappa shape index (κ2) is 4.97. The summed E-state index contributed by atoms with van der Waals surface area (Å²) >= 11 is 0. The first-order valence-electron chi connectivity index (χ1n) is 5.85. The number of hydrogen-bond donors (Lipinski definition) is 3. The van der Waals surface area contributed by atoms with Crippen molar-refractivity contribution in [3.63, 3.8) is 0 Å². The van der Waals surface area contributed by atoms with E-state index in [9.17, 15) is 9.59 Å². The Bertz CT molecular complexity index is 644. The molecule has 2 aromatic rings. The maximum Gasteiger partial charge on any atom is 0.272 e. The van der Waals surface area contributed by atoms with Crippen molar-refractivity contribution in [1.82, 2.24) is 4.98 Å². The van der Waals surface area contributed by atoms with Crippen molar-refractivity contribution in [2.75, 3.05) is 11.1 Å². The minimum Gasteiger partial charge on any atom is -0.397 e. The number of nitrogen functional groups attached to an aromatic ring is 1. The average Bonchev–Trinajstić information content (AvgIpc) is 2.82. The van der Waals surface area contributed by atoms with Crippen LogP contribution in [0.3, 0.4) is 0 Å². The number of H-pyrrole nitrogens is 1. The van der Waals surface area contributed by atoms with Crippen LogP contribution in [0.15, 0.2) is 30.3 Å². The molecule has 1 heterocycles. The quantitative estimate of drug-likeness (QED) is 0.582. The van der Waals surface area contributed by atoms with Gasteiger partial charge in [-0.15, -0.1) is 0 Å². The van der Waals surface area contributed by atoms with Crippen LogP contribution in [-0.2, 0) is 0 Å². The highest BCUT2D eigenvalue weighted by Crippen LogP contribution is 2.20. The molecule has 0 radical (unpaired) electrons. The molecule has 2 rings (SSSR count). The summed E-state index contributed by atoms with van der Waals surface area (Å²) in [4.78, 5) is 25.9. The van der Waals surface area contributed by atoms with E-state index in [0.717, 1.165) is 5.56 Å². The SMILES string of the molecule is CC(=O)c1ccc(C(=O)Nc2ccc(C)cc2N)[nH]1. The highest BCUT2D eigenvalue weighted by molar-refractivity contribution is 6.05. The Morgan fingerprint density at radius 2 is 1.84 bits per heavy atom. The number of Topliss-reactive ketones (excluding diaryl/α,β-unsaturated/α-hetero) is 1. The molecule has 0 atom stereocenters. The van der Waals surface area contributed by atoms with Crippen LogP contribution in [0.4, 0.5) is 11.4 Å². The summed E-state index contributed by atoms with van der Waals surface area (Å²) in [6.45, 7) is 3.36. The van der Waals surface area contributed by atoms with Gasteiger partial charge in [-0.3, -0.25) is 9.59 Å². The zero-order chi connectivity index (χ0) is 14.0. The molecule has 0 bridgehead atoms. The van der Waals surface area contributed by atoms with Crippen LogP contribution in [0.2, 0.25) is 0 Å². The molecule has 0 aliphatic carbocycles. The largest absolute Gasteiger partial charge is 0.397 e. The van der Waals surface area contributed by atoms with Gasteiger partial charge in [0, 0.05) is 6.92 Å². The van der Waals surface area contributed by atoms with Crippen molar-refractivity contribution in [3.8, 4) is 0 Å². The first-order chi connectivity index (χ1) is 8.97. The number of nitrogens with one attached hydrogen (secondary N) is 2. The molecule has 5 heteroatoms. The van der Waals surface area contributed by atoms with Gasteiger partial charge in [0.2, 0.25) is 0 Å². The molecule has 0 spiro atoms. The first kappa shape index (κ1) is 12.9. The molecule has 0 saturated carbocycles. The van der Waals surface area contributed by atoms with Gasteiger partial charge in [-0.25, -0.2) is 0 Å². The molecule has 4 N–H and O–H groups in total. The molecular formula is C14H15N3O2. The number of rotatable bonds is 3. The molecule has 0 aliphatic rings. The molecule has 19 heavy (non-hydrogen) atoms. The molecule has 5 nitrogen and oxygen atoms in total. The molecule has 1 aromatic carbocycles. The van der Waals surface area contributed by atoms with Crippen molar-refractivity contribution in [1.29, 1.82) is 0 Å². The zero-order valence-electron chi connectivity index (χ0n) is 10.8. The molecule has 1 aromatic heterocycles. The summed E-state index contributed by atoms with van der Waals surface area (Å²) in [6, 6.07) is 8.54. The Balaban J connectivity index is 2.18. The summed E-state index contributed by atoms with van der Waals surface area (Å²) in [6.07, 6.45) is 0. The number of ketones is 1. The molecule has 0 fully saturated rings. The summed E-state index contributed by atoms with van der Waals surface area (Å²) in [7, 11) is 0. The number of nitrogens with two attached hydrogens (primary N) is 1. The second-order valence-corrected chi connectivity index (χ2v) is 4.39. The molecule has 0 unspecified atom stereocenters. The summed E-state index contributed by atoms with van der Waals surface area (Å²) < 4.78 is 0. The van der Waals surface area contributed by atoms with E-state index in [-0.39, 0.29) is 11.7 Å². The lowest BCUT2D eigenvalue weighted by molar-refractivity contribution is 0.101. The first-order valence-corrected chi connectivity index (χ1v) is 5.85. The van der Waals surface area contributed by atoms with Gasteiger partial charge in [0.15, 0.2) is 5.78 Å². The van der Waals surface area contributed by atoms with Crippen molar-refractivity contribution < 1.29 is 9.59 Å². The highest BCUT2D eigenvalue weighted by atomic mass is 16.2. The van der Waals surface area contributed by atoms with Crippen LogP contribution in [0, 0.1) is 6.92 Å². The standard InChI is InChI=1S/C14H15N3O2/c1-8-3-4-12(10(15)7-8)17-14(19)13-6-5-11(16-13)9(2)18/h3-7,16H,15H2,1-2H3,(H,17,19). The molecule has 1 amide bonds. The number of hydrogen-bond acceptors (Lipinski definition) is 3. The third-order valence-electron chi connectivity index (χ3n) is 2.77. The highest BCUT2D eigenvalue weighted by Gasteiger charge is 2.11. The summed E-state index contributed by atoms with van der Waals surface area (Å²) in [5, 5.41) is 2.70. The Hall–Kier alpha value is -2.56. The van der Waals surface area contributed by atoms with Gasteiger partial charge in [-0.05, 0) is 36.8 Å². The Labute approximate surface area is 110 Å². The smallest absolute Gasteiger partial charge is 0.272 e. The van der Waals surface area contributed by atoms with Gasteiger partial charge >= 0.3 is 0 Å². The Kier molecular flexibility index (Phi) is 3.37. The van der Waals surface area contributed by atoms with Crippen LogP contribution >= 0.6 is 0 Å². The normalized spacial score (nSPS) is 10.2. The number of aromatic nitrogens is 1. The number of aryl methyl sites for hydroxylation is 1. The maximum absolute atomic E-state index is 12.0. The maximum atomic E-state index is 12.0. The van der Waals surface area contributed by atoms with E-state index in [2.05, 4.69) is 10.3 Å². The Morgan fingerprint density at radius 3 is 2.42 bits per heavy atom. The second-order valence-electron chi connectivity index (χ2n) is 4.39. The van der Waals surface area contributed by atoms with Crippen molar-refractivity contribution >= 4 is 23.1 Å². The number of anilines is 2.